The first-order valence-electron chi connectivity index (χ1n) is 8.57. The molecule has 24 heavy (non-hydrogen) atoms. The number of hydrogen-bond acceptors (Lipinski definition) is 3. The molecular formula is C19H25N3O2. The number of hydrogen-bond donors (Lipinski definition) is 0. The van der Waals surface area contributed by atoms with Crippen molar-refractivity contribution in [2.45, 2.75) is 45.8 Å². The van der Waals surface area contributed by atoms with Crippen molar-refractivity contribution in [1.82, 2.24) is 14.5 Å². The van der Waals surface area contributed by atoms with Crippen LogP contribution in [0.15, 0.2) is 36.5 Å². The highest BCUT2D eigenvalue weighted by molar-refractivity contribution is 5.81. The second-order valence-electron chi connectivity index (χ2n) is 6.45. The number of carbonyl (C=O) groups excluding carboxylic acids is 1. The third kappa shape index (κ3) is 3.45. The standard InChI is InChI=1S/C19H25N3O2/c1-14-13-20-16(3)22(14)17-9-11-21(12-10-17)19(23)15(2)24-18-7-5-4-6-8-18/h4-8,13,15,17H,9-12H2,1-3H3. The minimum Gasteiger partial charge on any atom is -0.481 e. The van der Waals surface area contributed by atoms with Gasteiger partial charge in [0.1, 0.15) is 11.6 Å². The normalized spacial score (nSPS) is 16.9. The van der Waals surface area contributed by atoms with Gasteiger partial charge in [0.15, 0.2) is 6.10 Å². The fourth-order valence-electron chi connectivity index (χ4n) is 3.47. The quantitative estimate of drug-likeness (QED) is 0.867. The van der Waals surface area contributed by atoms with Gasteiger partial charge in [-0.1, -0.05) is 18.2 Å². The number of benzene rings is 1. The van der Waals surface area contributed by atoms with Gasteiger partial charge in [-0.2, -0.15) is 0 Å². The number of nitrogens with zero attached hydrogens (tertiary/aromatic N) is 3. The van der Waals surface area contributed by atoms with Crippen molar-refractivity contribution in [3.63, 3.8) is 0 Å². The molecular weight excluding hydrogens is 302 g/mol. The lowest BCUT2D eigenvalue weighted by Crippen LogP contribution is -2.45. The summed E-state index contributed by atoms with van der Waals surface area (Å²) in [5.41, 5.74) is 1.19. The molecule has 1 aliphatic rings. The van der Waals surface area contributed by atoms with Crippen LogP contribution in [-0.4, -0.2) is 39.6 Å². The van der Waals surface area contributed by atoms with E-state index in [4.69, 9.17) is 4.74 Å². The van der Waals surface area contributed by atoms with Crippen LogP contribution in [0.25, 0.3) is 0 Å². The first-order chi connectivity index (χ1) is 11.6. The van der Waals surface area contributed by atoms with Gasteiger partial charge in [0.25, 0.3) is 5.91 Å². The second-order valence-corrected chi connectivity index (χ2v) is 6.45. The van der Waals surface area contributed by atoms with Gasteiger partial charge in [-0.15, -0.1) is 0 Å². The highest BCUT2D eigenvalue weighted by Crippen LogP contribution is 2.26. The molecule has 0 aliphatic carbocycles. The lowest BCUT2D eigenvalue weighted by Gasteiger charge is -2.35. The van der Waals surface area contributed by atoms with Crippen molar-refractivity contribution in [1.29, 1.82) is 0 Å². The number of piperidine rings is 1. The van der Waals surface area contributed by atoms with Gasteiger partial charge in [0, 0.05) is 31.0 Å². The van der Waals surface area contributed by atoms with E-state index in [1.54, 1.807) is 0 Å². The third-order valence-electron chi connectivity index (χ3n) is 4.71. The summed E-state index contributed by atoms with van der Waals surface area (Å²) in [5.74, 6) is 1.85. The number of imidazole rings is 1. The number of aromatic nitrogens is 2. The summed E-state index contributed by atoms with van der Waals surface area (Å²) in [6.45, 7) is 7.49. The maximum atomic E-state index is 12.6. The van der Waals surface area contributed by atoms with Gasteiger partial charge in [-0.25, -0.2) is 4.98 Å². The Morgan fingerprint density at radius 1 is 1.21 bits per heavy atom. The maximum Gasteiger partial charge on any atom is 0.263 e. The van der Waals surface area contributed by atoms with Crippen LogP contribution in [0.5, 0.6) is 5.75 Å². The van der Waals surface area contributed by atoms with Gasteiger partial charge in [-0.05, 0) is 45.7 Å². The van der Waals surface area contributed by atoms with E-state index in [-0.39, 0.29) is 5.91 Å². The SMILES string of the molecule is Cc1cnc(C)n1C1CCN(C(=O)C(C)Oc2ccccc2)CC1. The van der Waals surface area contributed by atoms with E-state index < -0.39 is 6.10 Å². The van der Waals surface area contributed by atoms with Crippen molar-refractivity contribution in [3.05, 3.63) is 48.0 Å². The first kappa shape index (κ1) is 16.6. The van der Waals surface area contributed by atoms with Crippen molar-refractivity contribution in [2.24, 2.45) is 0 Å². The Kier molecular flexibility index (Phi) is 4.88. The fraction of sp³-hybridized carbons (Fsp3) is 0.474. The first-order valence-corrected chi connectivity index (χ1v) is 8.57. The van der Waals surface area contributed by atoms with Crippen molar-refractivity contribution in [2.75, 3.05) is 13.1 Å². The number of amides is 1. The Balaban J connectivity index is 1.57. The molecule has 1 unspecified atom stereocenters. The molecule has 3 rings (SSSR count). The lowest BCUT2D eigenvalue weighted by atomic mass is 10.0. The highest BCUT2D eigenvalue weighted by atomic mass is 16.5. The molecule has 1 saturated heterocycles. The van der Waals surface area contributed by atoms with Crippen LogP contribution in [-0.2, 0) is 4.79 Å². The summed E-state index contributed by atoms with van der Waals surface area (Å²) in [6, 6.07) is 9.94. The third-order valence-corrected chi connectivity index (χ3v) is 4.71. The van der Waals surface area contributed by atoms with E-state index in [1.165, 1.54) is 5.69 Å². The van der Waals surface area contributed by atoms with Crippen LogP contribution >= 0.6 is 0 Å². The van der Waals surface area contributed by atoms with Gasteiger partial charge in [0.05, 0.1) is 0 Å². The average Bonchev–Trinajstić information content (AvgIpc) is 2.94. The number of carbonyl (C=O) groups is 1. The van der Waals surface area contributed by atoms with Crippen LogP contribution in [0.2, 0.25) is 0 Å². The Hall–Kier alpha value is -2.30. The van der Waals surface area contributed by atoms with E-state index in [1.807, 2.05) is 55.3 Å². The van der Waals surface area contributed by atoms with Crippen molar-refractivity contribution >= 4 is 5.91 Å². The summed E-state index contributed by atoms with van der Waals surface area (Å²) in [6.07, 6.45) is 3.38. The molecule has 1 aromatic carbocycles. The number of para-hydroxylation sites is 1. The number of ether oxygens (including phenoxy) is 1. The minimum atomic E-state index is -0.458. The van der Waals surface area contributed by atoms with E-state index in [2.05, 4.69) is 16.5 Å². The van der Waals surface area contributed by atoms with E-state index >= 15 is 0 Å². The zero-order chi connectivity index (χ0) is 17.1. The van der Waals surface area contributed by atoms with Crippen molar-refractivity contribution < 1.29 is 9.53 Å². The molecule has 0 bridgehead atoms. The molecule has 1 atom stereocenters. The molecule has 2 heterocycles. The summed E-state index contributed by atoms with van der Waals surface area (Å²) in [5, 5.41) is 0. The maximum absolute atomic E-state index is 12.6. The zero-order valence-corrected chi connectivity index (χ0v) is 14.6. The Morgan fingerprint density at radius 3 is 2.46 bits per heavy atom. The van der Waals surface area contributed by atoms with E-state index in [9.17, 15) is 4.79 Å². The number of aryl methyl sites for hydroxylation is 2. The fourth-order valence-corrected chi connectivity index (χ4v) is 3.47. The van der Waals surface area contributed by atoms with Gasteiger partial charge >= 0.3 is 0 Å². The Bertz CT molecular complexity index is 668. The average molecular weight is 327 g/mol. The molecule has 1 fully saturated rings. The Labute approximate surface area is 143 Å². The summed E-state index contributed by atoms with van der Waals surface area (Å²) in [4.78, 5) is 18.9. The Morgan fingerprint density at radius 2 is 1.88 bits per heavy atom. The molecule has 5 nitrogen and oxygen atoms in total. The molecule has 0 spiro atoms. The van der Waals surface area contributed by atoms with Gasteiger partial charge in [0.2, 0.25) is 0 Å². The molecule has 0 radical (unpaired) electrons. The predicted octanol–water partition coefficient (Wildman–Crippen LogP) is 3.13. The predicted molar refractivity (Wildman–Crippen MR) is 93.1 cm³/mol. The second kappa shape index (κ2) is 7.07. The van der Waals surface area contributed by atoms with E-state index in [0.717, 1.165) is 37.5 Å². The van der Waals surface area contributed by atoms with Crippen LogP contribution in [0.4, 0.5) is 0 Å². The van der Waals surface area contributed by atoms with Crippen LogP contribution in [0, 0.1) is 13.8 Å². The molecule has 128 valence electrons. The molecule has 0 saturated carbocycles. The van der Waals surface area contributed by atoms with Crippen molar-refractivity contribution in [3.8, 4) is 5.75 Å². The number of likely N-dealkylation sites (tertiary alicyclic amines) is 1. The lowest BCUT2D eigenvalue weighted by molar-refractivity contribution is -0.139. The molecule has 1 aliphatic heterocycles. The summed E-state index contributed by atoms with van der Waals surface area (Å²) >= 11 is 0. The van der Waals surface area contributed by atoms with Gasteiger partial charge in [-0.3, -0.25) is 4.79 Å². The van der Waals surface area contributed by atoms with Gasteiger partial charge < -0.3 is 14.2 Å². The summed E-state index contributed by atoms with van der Waals surface area (Å²) in [7, 11) is 0. The topological polar surface area (TPSA) is 47.4 Å². The molecule has 0 N–H and O–H groups in total. The molecule has 2 aromatic rings. The molecule has 1 amide bonds. The smallest absolute Gasteiger partial charge is 0.263 e. The monoisotopic (exact) mass is 327 g/mol. The number of rotatable bonds is 4. The zero-order valence-electron chi connectivity index (χ0n) is 14.6. The van der Waals surface area contributed by atoms with Crippen LogP contribution in [0.3, 0.4) is 0 Å². The van der Waals surface area contributed by atoms with Crippen LogP contribution < -0.4 is 4.74 Å². The highest BCUT2D eigenvalue weighted by Gasteiger charge is 2.28. The largest absolute Gasteiger partial charge is 0.481 e. The van der Waals surface area contributed by atoms with E-state index in [0.29, 0.717) is 6.04 Å². The molecule has 5 heteroatoms. The van der Waals surface area contributed by atoms with Crippen LogP contribution in [0.1, 0.15) is 37.3 Å². The summed E-state index contributed by atoms with van der Waals surface area (Å²) < 4.78 is 8.06. The minimum absolute atomic E-state index is 0.0661. The molecule has 1 aromatic heterocycles.